The summed E-state index contributed by atoms with van der Waals surface area (Å²) in [5, 5.41) is 12.8. The normalized spacial score (nSPS) is 15.1. The molecule has 1 aromatic carbocycles. The number of hydrogen-bond acceptors (Lipinski definition) is 2. The van der Waals surface area contributed by atoms with Gasteiger partial charge in [0.15, 0.2) is 0 Å². The summed E-state index contributed by atoms with van der Waals surface area (Å²) in [5.41, 5.74) is 3.04. The number of aryl methyl sites for hydroxylation is 1. The SMILES string of the molecule is Cc1cc2c(cc1Cl)CN([O-])C=C2Br. The van der Waals surface area contributed by atoms with Crippen molar-refractivity contribution in [2.75, 3.05) is 0 Å². The van der Waals surface area contributed by atoms with Crippen molar-refractivity contribution in [1.29, 1.82) is 0 Å². The summed E-state index contributed by atoms with van der Waals surface area (Å²) in [4.78, 5) is 0. The molecule has 0 fully saturated rings. The topological polar surface area (TPSA) is 26.3 Å². The van der Waals surface area contributed by atoms with Crippen LogP contribution in [0.15, 0.2) is 18.3 Å². The lowest BCUT2D eigenvalue weighted by Crippen LogP contribution is -2.14. The monoisotopic (exact) mass is 272 g/mol. The summed E-state index contributed by atoms with van der Waals surface area (Å²) in [6, 6.07) is 3.84. The van der Waals surface area contributed by atoms with Crippen molar-refractivity contribution in [3.05, 3.63) is 45.3 Å². The molecule has 2 nitrogen and oxygen atoms in total. The van der Waals surface area contributed by atoms with Gasteiger partial charge in [-0.05, 0) is 51.7 Å². The standard InChI is InChI=1S/C10H8BrClNO/c1-6-2-8-7(3-10(6)12)4-13(14)5-9(8)11/h2-3,5H,4H2,1H3/q-1. The van der Waals surface area contributed by atoms with E-state index in [-0.39, 0.29) is 0 Å². The van der Waals surface area contributed by atoms with Gasteiger partial charge in [0.25, 0.3) is 0 Å². The van der Waals surface area contributed by atoms with E-state index in [4.69, 9.17) is 11.6 Å². The zero-order valence-electron chi connectivity index (χ0n) is 7.55. The third kappa shape index (κ3) is 1.67. The molecule has 2 rings (SSSR count). The molecule has 14 heavy (non-hydrogen) atoms. The summed E-state index contributed by atoms with van der Waals surface area (Å²) in [5.74, 6) is 0. The number of fused-ring (bicyclic) bond motifs is 1. The summed E-state index contributed by atoms with van der Waals surface area (Å²) in [6.07, 6.45) is 1.54. The minimum atomic E-state index is 0.366. The molecule has 0 spiro atoms. The summed E-state index contributed by atoms with van der Waals surface area (Å²) < 4.78 is 0.813. The van der Waals surface area contributed by atoms with Gasteiger partial charge in [-0.3, -0.25) is 0 Å². The molecule has 0 aromatic heterocycles. The first kappa shape index (κ1) is 10.0. The summed E-state index contributed by atoms with van der Waals surface area (Å²) >= 11 is 9.35. The predicted molar refractivity (Wildman–Crippen MR) is 62.0 cm³/mol. The number of hydrogen-bond donors (Lipinski definition) is 0. The van der Waals surface area contributed by atoms with E-state index in [1.807, 2.05) is 19.1 Å². The van der Waals surface area contributed by atoms with Crippen LogP contribution in [-0.2, 0) is 6.54 Å². The van der Waals surface area contributed by atoms with Crippen molar-refractivity contribution < 1.29 is 0 Å². The molecule has 0 N–H and O–H groups in total. The third-order valence-corrected chi connectivity index (χ3v) is 3.26. The molecule has 0 amide bonds. The fourth-order valence-electron chi connectivity index (χ4n) is 1.49. The molecule has 1 aliphatic rings. The lowest BCUT2D eigenvalue weighted by molar-refractivity contribution is 0.500. The number of rotatable bonds is 0. The van der Waals surface area contributed by atoms with Crippen molar-refractivity contribution in [1.82, 2.24) is 5.06 Å². The van der Waals surface area contributed by atoms with Crippen LogP contribution in [0.3, 0.4) is 0 Å². The Kier molecular flexibility index (Phi) is 2.56. The molecule has 0 aliphatic carbocycles. The molecule has 0 saturated heterocycles. The van der Waals surface area contributed by atoms with E-state index in [9.17, 15) is 5.21 Å². The van der Waals surface area contributed by atoms with Gasteiger partial charge in [0.05, 0.1) is 0 Å². The smallest absolute Gasteiger partial charge is 0.0439 e. The van der Waals surface area contributed by atoms with Crippen LogP contribution in [0.1, 0.15) is 16.7 Å². The van der Waals surface area contributed by atoms with Gasteiger partial charge >= 0.3 is 0 Å². The molecule has 1 heterocycles. The Balaban J connectivity index is 2.59. The first-order valence-corrected chi connectivity index (χ1v) is 5.35. The second-order valence-electron chi connectivity index (χ2n) is 3.31. The minimum Gasteiger partial charge on any atom is -0.758 e. The van der Waals surface area contributed by atoms with Gasteiger partial charge in [0, 0.05) is 22.2 Å². The third-order valence-electron chi connectivity index (χ3n) is 2.23. The lowest BCUT2D eigenvalue weighted by Gasteiger charge is -2.32. The van der Waals surface area contributed by atoms with E-state index in [2.05, 4.69) is 15.9 Å². The lowest BCUT2D eigenvalue weighted by atomic mass is 10.0. The second kappa shape index (κ2) is 3.57. The largest absolute Gasteiger partial charge is 0.758 e. The predicted octanol–water partition coefficient (Wildman–Crippen LogP) is 3.66. The number of nitrogens with zero attached hydrogens (tertiary/aromatic N) is 1. The van der Waals surface area contributed by atoms with Crippen LogP contribution in [-0.4, -0.2) is 5.06 Å². The Labute approximate surface area is 95.9 Å². The van der Waals surface area contributed by atoms with Crippen LogP contribution < -0.4 is 0 Å². The molecule has 0 bridgehead atoms. The van der Waals surface area contributed by atoms with Crippen molar-refractivity contribution in [3.63, 3.8) is 0 Å². The van der Waals surface area contributed by atoms with E-state index in [0.717, 1.165) is 26.2 Å². The fraction of sp³-hybridized carbons (Fsp3) is 0.200. The first-order valence-electron chi connectivity index (χ1n) is 4.18. The molecule has 74 valence electrons. The first-order chi connectivity index (χ1) is 6.58. The molecule has 0 radical (unpaired) electrons. The Morgan fingerprint density at radius 2 is 2.21 bits per heavy atom. The quantitative estimate of drug-likeness (QED) is 0.721. The van der Waals surface area contributed by atoms with Gasteiger partial charge in [0.1, 0.15) is 0 Å². The van der Waals surface area contributed by atoms with Crippen molar-refractivity contribution >= 4 is 32.0 Å². The van der Waals surface area contributed by atoms with Crippen LogP contribution in [0.25, 0.3) is 4.48 Å². The highest BCUT2D eigenvalue weighted by atomic mass is 79.9. The highest BCUT2D eigenvalue weighted by Gasteiger charge is 2.13. The molecular weight excluding hydrogens is 265 g/mol. The van der Waals surface area contributed by atoms with Gasteiger partial charge in [-0.2, -0.15) is 0 Å². The van der Waals surface area contributed by atoms with Crippen LogP contribution in [0, 0.1) is 12.1 Å². The van der Waals surface area contributed by atoms with Crippen molar-refractivity contribution in [3.8, 4) is 0 Å². The van der Waals surface area contributed by atoms with Gasteiger partial charge < -0.3 is 10.3 Å². The minimum absolute atomic E-state index is 0.366. The second-order valence-corrected chi connectivity index (χ2v) is 4.57. The molecule has 0 atom stereocenters. The van der Waals surface area contributed by atoms with Crippen LogP contribution >= 0.6 is 27.5 Å². The molecule has 4 heteroatoms. The Bertz CT molecular complexity index is 417. The van der Waals surface area contributed by atoms with Gasteiger partial charge in [0.2, 0.25) is 0 Å². The van der Waals surface area contributed by atoms with Crippen molar-refractivity contribution in [2.45, 2.75) is 13.5 Å². The maximum Gasteiger partial charge on any atom is 0.0439 e. The summed E-state index contributed by atoms with van der Waals surface area (Å²) in [6.45, 7) is 2.32. The van der Waals surface area contributed by atoms with E-state index in [1.54, 1.807) is 0 Å². The van der Waals surface area contributed by atoms with Gasteiger partial charge in [-0.1, -0.05) is 11.6 Å². The fourth-order valence-corrected chi connectivity index (χ4v) is 2.27. The van der Waals surface area contributed by atoms with Crippen LogP contribution in [0.2, 0.25) is 5.02 Å². The van der Waals surface area contributed by atoms with Crippen LogP contribution in [0.5, 0.6) is 0 Å². The van der Waals surface area contributed by atoms with E-state index in [0.29, 0.717) is 11.6 Å². The number of benzene rings is 1. The maximum atomic E-state index is 11.2. The van der Waals surface area contributed by atoms with E-state index >= 15 is 0 Å². The zero-order valence-corrected chi connectivity index (χ0v) is 9.89. The molecule has 0 unspecified atom stereocenters. The molecular formula is C10H8BrClNO-. The van der Waals surface area contributed by atoms with E-state index < -0.39 is 0 Å². The highest BCUT2D eigenvalue weighted by Crippen LogP contribution is 2.33. The zero-order chi connectivity index (χ0) is 10.3. The molecule has 1 aliphatic heterocycles. The molecule has 0 saturated carbocycles. The average Bonchev–Trinajstić information content (AvgIpc) is 2.08. The van der Waals surface area contributed by atoms with Gasteiger partial charge in [-0.25, -0.2) is 0 Å². The highest BCUT2D eigenvalue weighted by molar-refractivity contribution is 9.15. The molecule has 1 aromatic rings. The van der Waals surface area contributed by atoms with Gasteiger partial charge in [-0.15, -0.1) is 0 Å². The Hall–Kier alpha value is -0.510. The Morgan fingerprint density at radius 1 is 1.50 bits per heavy atom. The average molecular weight is 274 g/mol. The Morgan fingerprint density at radius 3 is 2.93 bits per heavy atom. The van der Waals surface area contributed by atoms with Crippen molar-refractivity contribution in [2.24, 2.45) is 0 Å². The summed E-state index contributed by atoms with van der Waals surface area (Å²) in [7, 11) is 0. The maximum absolute atomic E-state index is 11.2. The number of halogens is 2. The number of hydroxylamine groups is 2. The van der Waals surface area contributed by atoms with E-state index in [1.165, 1.54) is 6.20 Å². The van der Waals surface area contributed by atoms with Crippen LogP contribution in [0.4, 0.5) is 0 Å².